The fourth-order valence-corrected chi connectivity index (χ4v) is 4.25. The maximum atomic E-state index is 12.7. The molecule has 2 aliphatic heterocycles. The second kappa shape index (κ2) is 10.7. The lowest BCUT2D eigenvalue weighted by atomic mass is 10.00. The van der Waals surface area contributed by atoms with Gasteiger partial charge in [-0.1, -0.05) is 24.3 Å². The highest BCUT2D eigenvalue weighted by Crippen LogP contribution is 2.18. The SMILES string of the molecule is COC(CNC(=O)c1cc(NC2CCNCC2)ncn1)CN1CCc2ccccc2C1. The first-order valence-electron chi connectivity index (χ1n) is 11.1. The van der Waals surface area contributed by atoms with Gasteiger partial charge < -0.3 is 20.7 Å². The van der Waals surface area contributed by atoms with Gasteiger partial charge >= 0.3 is 0 Å². The average Bonchev–Trinajstić information content (AvgIpc) is 2.82. The molecule has 8 heteroatoms. The van der Waals surface area contributed by atoms with Crippen LogP contribution in [0.2, 0.25) is 0 Å². The molecule has 1 atom stereocenters. The van der Waals surface area contributed by atoms with Gasteiger partial charge in [-0.3, -0.25) is 9.69 Å². The van der Waals surface area contributed by atoms with Crippen molar-refractivity contribution < 1.29 is 9.53 Å². The van der Waals surface area contributed by atoms with E-state index in [-0.39, 0.29) is 12.0 Å². The Labute approximate surface area is 183 Å². The van der Waals surface area contributed by atoms with Crippen LogP contribution in [0.5, 0.6) is 0 Å². The standard InChI is InChI=1S/C23H32N6O2/c1-31-20(15-29-11-8-17-4-2-3-5-18(17)14-29)13-25-23(30)21-12-22(27-16-26-21)28-19-6-9-24-10-7-19/h2-5,12,16,19-20,24H,6-11,13-15H2,1H3,(H,25,30)(H,26,27,28). The van der Waals surface area contributed by atoms with Crippen LogP contribution in [0.4, 0.5) is 5.82 Å². The lowest BCUT2D eigenvalue weighted by Gasteiger charge is -2.31. The van der Waals surface area contributed by atoms with Gasteiger partial charge in [-0.15, -0.1) is 0 Å². The van der Waals surface area contributed by atoms with Crippen LogP contribution in [0.1, 0.15) is 34.5 Å². The maximum absolute atomic E-state index is 12.7. The minimum atomic E-state index is -0.207. The molecule has 1 unspecified atom stereocenters. The first-order chi connectivity index (χ1) is 15.2. The number of methoxy groups -OCH3 is 1. The fourth-order valence-electron chi connectivity index (χ4n) is 4.25. The zero-order valence-electron chi connectivity index (χ0n) is 18.1. The van der Waals surface area contributed by atoms with Gasteiger partial charge in [0.1, 0.15) is 17.8 Å². The Hall–Kier alpha value is -2.55. The average molecular weight is 425 g/mol. The Morgan fingerprint density at radius 2 is 2.06 bits per heavy atom. The third-order valence-corrected chi connectivity index (χ3v) is 6.09. The number of hydrogen-bond acceptors (Lipinski definition) is 7. The molecule has 1 fully saturated rings. The molecule has 3 heterocycles. The van der Waals surface area contributed by atoms with Crippen LogP contribution in [0.15, 0.2) is 36.7 Å². The van der Waals surface area contributed by atoms with Gasteiger partial charge in [-0.25, -0.2) is 9.97 Å². The number of aromatic nitrogens is 2. The molecule has 2 aromatic rings. The smallest absolute Gasteiger partial charge is 0.270 e. The topological polar surface area (TPSA) is 91.4 Å². The molecule has 1 saturated heterocycles. The number of nitrogens with zero attached hydrogens (tertiary/aromatic N) is 3. The quantitative estimate of drug-likeness (QED) is 0.591. The second-order valence-electron chi connectivity index (χ2n) is 8.28. The number of rotatable bonds is 8. The summed E-state index contributed by atoms with van der Waals surface area (Å²) in [5, 5.41) is 9.73. The minimum absolute atomic E-state index is 0.0802. The Kier molecular flexibility index (Phi) is 7.45. The molecule has 0 radical (unpaired) electrons. The number of fused-ring (bicyclic) bond motifs is 1. The summed E-state index contributed by atoms with van der Waals surface area (Å²) in [5.74, 6) is 0.490. The molecule has 166 valence electrons. The van der Waals surface area contributed by atoms with Crippen molar-refractivity contribution in [1.82, 2.24) is 25.5 Å². The summed E-state index contributed by atoms with van der Waals surface area (Å²) in [4.78, 5) is 23.5. The van der Waals surface area contributed by atoms with Gasteiger partial charge in [0.2, 0.25) is 0 Å². The molecule has 31 heavy (non-hydrogen) atoms. The van der Waals surface area contributed by atoms with Crippen LogP contribution >= 0.6 is 0 Å². The molecular weight excluding hydrogens is 392 g/mol. The molecule has 4 rings (SSSR count). The first kappa shape index (κ1) is 21.7. The number of benzene rings is 1. The first-order valence-corrected chi connectivity index (χ1v) is 11.1. The van der Waals surface area contributed by atoms with E-state index in [9.17, 15) is 4.79 Å². The van der Waals surface area contributed by atoms with Crippen molar-refractivity contribution in [2.75, 3.05) is 45.2 Å². The van der Waals surface area contributed by atoms with Crippen LogP contribution < -0.4 is 16.0 Å². The Bertz CT molecular complexity index is 871. The maximum Gasteiger partial charge on any atom is 0.270 e. The lowest BCUT2D eigenvalue weighted by molar-refractivity contribution is 0.0562. The summed E-state index contributed by atoms with van der Waals surface area (Å²) in [7, 11) is 1.69. The van der Waals surface area contributed by atoms with E-state index in [2.05, 4.69) is 55.1 Å². The van der Waals surface area contributed by atoms with Crippen molar-refractivity contribution in [3.05, 3.63) is 53.5 Å². The zero-order valence-corrected chi connectivity index (χ0v) is 18.1. The van der Waals surface area contributed by atoms with E-state index in [0.717, 1.165) is 52.0 Å². The number of anilines is 1. The van der Waals surface area contributed by atoms with E-state index >= 15 is 0 Å². The van der Waals surface area contributed by atoms with E-state index in [1.807, 2.05) is 0 Å². The van der Waals surface area contributed by atoms with E-state index in [4.69, 9.17) is 4.74 Å². The summed E-state index contributed by atoms with van der Waals surface area (Å²) in [6, 6.07) is 10.7. The minimum Gasteiger partial charge on any atom is -0.378 e. The predicted molar refractivity (Wildman–Crippen MR) is 120 cm³/mol. The van der Waals surface area contributed by atoms with Gasteiger partial charge in [0.15, 0.2) is 0 Å². The molecule has 1 amide bonds. The zero-order chi connectivity index (χ0) is 21.5. The van der Waals surface area contributed by atoms with Crippen LogP contribution in [-0.4, -0.2) is 72.8 Å². The largest absolute Gasteiger partial charge is 0.378 e. The van der Waals surface area contributed by atoms with Gasteiger partial charge in [0.25, 0.3) is 5.91 Å². The monoisotopic (exact) mass is 424 g/mol. The summed E-state index contributed by atoms with van der Waals surface area (Å²) < 4.78 is 5.64. The summed E-state index contributed by atoms with van der Waals surface area (Å²) in [6.07, 6.45) is 4.50. The van der Waals surface area contributed by atoms with Gasteiger partial charge in [-0.05, 0) is 43.5 Å². The number of ether oxygens (including phenoxy) is 1. The summed E-state index contributed by atoms with van der Waals surface area (Å²) >= 11 is 0. The number of carbonyl (C=O) groups is 1. The van der Waals surface area contributed by atoms with Crippen molar-refractivity contribution in [3.63, 3.8) is 0 Å². The molecule has 1 aromatic carbocycles. The van der Waals surface area contributed by atoms with Crippen LogP contribution in [0.3, 0.4) is 0 Å². The Morgan fingerprint density at radius 3 is 2.87 bits per heavy atom. The normalized spacial score (nSPS) is 18.2. The van der Waals surface area contributed by atoms with E-state index in [1.54, 1.807) is 13.2 Å². The Balaban J connectivity index is 1.27. The van der Waals surface area contributed by atoms with Crippen LogP contribution in [0.25, 0.3) is 0 Å². The predicted octanol–water partition coefficient (Wildman–Crippen LogP) is 1.44. The van der Waals surface area contributed by atoms with Crippen molar-refractivity contribution in [3.8, 4) is 0 Å². The summed E-state index contributed by atoms with van der Waals surface area (Å²) in [6.45, 7) is 5.13. The van der Waals surface area contributed by atoms with Crippen molar-refractivity contribution in [2.45, 2.75) is 38.0 Å². The Morgan fingerprint density at radius 1 is 1.26 bits per heavy atom. The number of carbonyl (C=O) groups excluding carboxylic acids is 1. The molecule has 8 nitrogen and oxygen atoms in total. The summed E-state index contributed by atoms with van der Waals surface area (Å²) in [5.41, 5.74) is 3.18. The van der Waals surface area contributed by atoms with Gasteiger partial charge in [0.05, 0.1) is 6.10 Å². The highest BCUT2D eigenvalue weighted by Gasteiger charge is 2.21. The van der Waals surface area contributed by atoms with E-state index in [0.29, 0.717) is 24.1 Å². The van der Waals surface area contributed by atoms with Crippen molar-refractivity contribution >= 4 is 11.7 Å². The highest BCUT2D eigenvalue weighted by molar-refractivity contribution is 5.92. The van der Waals surface area contributed by atoms with Crippen LogP contribution in [-0.2, 0) is 17.7 Å². The lowest BCUT2D eigenvalue weighted by Crippen LogP contribution is -2.43. The third kappa shape index (κ3) is 6.00. The molecule has 2 aliphatic rings. The molecule has 1 aromatic heterocycles. The molecule has 0 spiro atoms. The molecule has 0 saturated carbocycles. The second-order valence-corrected chi connectivity index (χ2v) is 8.28. The van der Waals surface area contributed by atoms with Crippen molar-refractivity contribution in [1.29, 1.82) is 0 Å². The number of nitrogens with one attached hydrogen (secondary N) is 3. The number of hydrogen-bond donors (Lipinski definition) is 3. The fraction of sp³-hybridized carbons (Fsp3) is 0.522. The highest BCUT2D eigenvalue weighted by atomic mass is 16.5. The molecule has 0 bridgehead atoms. The third-order valence-electron chi connectivity index (χ3n) is 6.09. The van der Waals surface area contributed by atoms with Crippen LogP contribution in [0, 0.1) is 0 Å². The number of piperidine rings is 1. The van der Waals surface area contributed by atoms with Crippen molar-refractivity contribution in [2.24, 2.45) is 0 Å². The van der Waals surface area contributed by atoms with Gasteiger partial charge in [-0.2, -0.15) is 0 Å². The number of amides is 1. The van der Waals surface area contributed by atoms with E-state index in [1.165, 1.54) is 17.5 Å². The van der Waals surface area contributed by atoms with Gasteiger partial charge in [0, 0.05) is 45.4 Å². The molecule has 3 N–H and O–H groups in total. The molecule has 0 aliphatic carbocycles. The van der Waals surface area contributed by atoms with E-state index < -0.39 is 0 Å². The molecular formula is C23H32N6O2.